The van der Waals surface area contributed by atoms with Crippen LogP contribution in [0.3, 0.4) is 0 Å². The number of nitrogens with zero attached hydrogens (tertiary/aromatic N) is 2. The maximum atomic E-state index is 12.8. The number of anilines is 1. The smallest absolute Gasteiger partial charge is 0.266 e. The highest BCUT2D eigenvalue weighted by Crippen LogP contribution is 2.29. The number of aromatic nitrogens is 1. The number of nitrogen functional groups attached to an aromatic ring is 1. The summed E-state index contributed by atoms with van der Waals surface area (Å²) in [7, 11) is 0. The summed E-state index contributed by atoms with van der Waals surface area (Å²) in [5.41, 5.74) is 7.41. The number of amides is 1. The standard InChI is InChI=1S/C15H16ClN3O2S/c1-2-11-13(22-15(17)18-11)14(20)19-5-6-21-12-4-3-10(16)7-9(12)8-19/h3-4,7H,2,5-6,8H2,1H3,(H2,17,18). The first-order valence-electron chi connectivity index (χ1n) is 7.04. The number of thiazole rings is 1. The average Bonchev–Trinajstić information content (AvgIpc) is 2.75. The van der Waals surface area contributed by atoms with Gasteiger partial charge in [-0.2, -0.15) is 0 Å². The lowest BCUT2D eigenvalue weighted by atomic mass is 10.2. The van der Waals surface area contributed by atoms with Gasteiger partial charge in [0.05, 0.1) is 12.2 Å². The van der Waals surface area contributed by atoms with Crippen LogP contribution in [0.25, 0.3) is 0 Å². The number of benzene rings is 1. The Kier molecular flexibility index (Phi) is 4.22. The van der Waals surface area contributed by atoms with Crippen LogP contribution in [-0.4, -0.2) is 28.9 Å². The van der Waals surface area contributed by atoms with E-state index in [4.69, 9.17) is 22.1 Å². The molecule has 0 bridgehead atoms. The molecular weight excluding hydrogens is 322 g/mol. The molecule has 0 saturated carbocycles. The van der Waals surface area contributed by atoms with Crippen molar-refractivity contribution >= 4 is 34.0 Å². The summed E-state index contributed by atoms with van der Waals surface area (Å²) in [6.07, 6.45) is 0.682. The Bertz CT molecular complexity index is 717. The van der Waals surface area contributed by atoms with Crippen molar-refractivity contribution in [2.24, 2.45) is 0 Å². The first-order chi connectivity index (χ1) is 10.6. The van der Waals surface area contributed by atoms with Gasteiger partial charge in [0, 0.05) is 17.1 Å². The van der Waals surface area contributed by atoms with Crippen molar-refractivity contribution < 1.29 is 9.53 Å². The first-order valence-corrected chi connectivity index (χ1v) is 8.23. The van der Waals surface area contributed by atoms with E-state index in [9.17, 15) is 4.79 Å². The van der Waals surface area contributed by atoms with E-state index in [0.717, 1.165) is 17.0 Å². The van der Waals surface area contributed by atoms with Crippen molar-refractivity contribution in [2.45, 2.75) is 19.9 Å². The summed E-state index contributed by atoms with van der Waals surface area (Å²) in [5, 5.41) is 1.06. The molecule has 0 unspecified atom stereocenters. The van der Waals surface area contributed by atoms with Crippen LogP contribution < -0.4 is 10.5 Å². The Hall–Kier alpha value is -1.79. The number of carbonyl (C=O) groups is 1. The Labute approximate surface area is 137 Å². The fourth-order valence-corrected chi connectivity index (χ4v) is 3.54. The van der Waals surface area contributed by atoms with Gasteiger partial charge in [-0.05, 0) is 24.6 Å². The zero-order valence-corrected chi connectivity index (χ0v) is 13.7. The van der Waals surface area contributed by atoms with E-state index in [1.165, 1.54) is 11.3 Å². The van der Waals surface area contributed by atoms with Crippen LogP contribution in [-0.2, 0) is 13.0 Å². The van der Waals surface area contributed by atoms with Crippen LogP contribution in [0, 0.1) is 0 Å². The molecule has 0 fully saturated rings. The molecule has 2 heterocycles. The molecule has 0 atom stereocenters. The Morgan fingerprint density at radius 3 is 3.14 bits per heavy atom. The first kappa shape index (κ1) is 15.1. The highest BCUT2D eigenvalue weighted by Gasteiger charge is 2.25. The van der Waals surface area contributed by atoms with E-state index in [1.54, 1.807) is 11.0 Å². The molecule has 0 aliphatic carbocycles. The van der Waals surface area contributed by atoms with Crippen LogP contribution in [0.4, 0.5) is 5.13 Å². The Morgan fingerprint density at radius 1 is 1.55 bits per heavy atom. The third kappa shape index (κ3) is 2.89. The number of hydrogen-bond donors (Lipinski definition) is 1. The van der Waals surface area contributed by atoms with Gasteiger partial charge in [-0.3, -0.25) is 4.79 Å². The van der Waals surface area contributed by atoms with Crippen LogP contribution >= 0.6 is 22.9 Å². The van der Waals surface area contributed by atoms with E-state index in [2.05, 4.69) is 4.98 Å². The zero-order valence-electron chi connectivity index (χ0n) is 12.1. The molecule has 116 valence electrons. The van der Waals surface area contributed by atoms with Gasteiger partial charge in [0.25, 0.3) is 5.91 Å². The van der Waals surface area contributed by atoms with Crippen molar-refractivity contribution in [3.63, 3.8) is 0 Å². The van der Waals surface area contributed by atoms with Crippen LogP contribution in [0.2, 0.25) is 5.02 Å². The monoisotopic (exact) mass is 337 g/mol. The van der Waals surface area contributed by atoms with Gasteiger partial charge in [-0.15, -0.1) is 0 Å². The topological polar surface area (TPSA) is 68.5 Å². The molecular formula is C15H16ClN3O2S. The second-order valence-electron chi connectivity index (χ2n) is 5.01. The molecule has 7 heteroatoms. The lowest BCUT2D eigenvalue weighted by molar-refractivity contribution is 0.0737. The van der Waals surface area contributed by atoms with Gasteiger partial charge in [-0.25, -0.2) is 4.98 Å². The summed E-state index contributed by atoms with van der Waals surface area (Å²) in [6.45, 7) is 3.41. The third-order valence-electron chi connectivity index (χ3n) is 3.53. The molecule has 0 radical (unpaired) electrons. The van der Waals surface area contributed by atoms with E-state index in [0.29, 0.717) is 41.1 Å². The van der Waals surface area contributed by atoms with E-state index in [1.807, 2.05) is 19.1 Å². The molecule has 1 amide bonds. The van der Waals surface area contributed by atoms with Crippen molar-refractivity contribution in [2.75, 3.05) is 18.9 Å². The average molecular weight is 338 g/mol. The summed E-state index contributed by atoms with van der Waals surface area (Å²) in [6, 6.07) is 5.47. The Balaban J connectivity index is 1.89. The predicted molar refractivity (Wildman–Crippen MR) is 87.6 cm³/mol. The number of carbonyl (C=O) groups excluding carboxylic acids is 1. The van der Waals surface area contributed by atoms with Gasteiger partial charge in [0.15, 0.2) is 5.13 Å². The lowest BCUT2D eigenvalue weighted by Gasteiger charge is -2.19. The van der Waals surface area contributed by atoms with Gasteiger partial charge < -0.3 is 15.4 Å². The predicted octanol–water partition coefficient (Wildman–Crippen LogP) is 2.98. The fraction of sp³-hybridized carbons (Fsp3) is 0.333. The van der Waals surface area contributed by atoms with Crippen molar-refractivity contribution in [3.05, 3.63) is 39.4 Å². The van der Waals surface area contributed by atoms with Gasteiger partial charge >= 0.3 is 0 Å². The quantitative estimate of drug-likeness (QED) is 0.914. The van der Waals surface area contributed by atoms with Crippen LogP contribution in [0.15, 0.2) is 18.2 Å². The minimum Gasteiger partial charge on any atom is -0.491 e. The number of fused-ring (bicyclic) bond motifs is 1. The van der Waals surface area contributed by atoms with E-state index in [-0.39, 0.29) is 5.91 Å². The molecule has 3 rings (SSSR count). The number of rotatable bonds is 2. The molecule has 0 saturated heterocycles. The summed E-state index contributed by atoms with van der Waals surface area (Å²) < 4.78 is 5.69. The number of aryl methyl sites for hydroxylation is 1. The zero-order chi connectivity index (χ0) is 15.7. The molecule has 0 spiro atoms. The number of nitrogens with two attached hydrogens (primary N) is 1. The second-order valence-corrected chi connectivity index (χ2v) is 6.48. The number of halogens is 1. The molecule has 1 aliphatic heterocycles. The Morgan fingerprint density at radius 2 is 2.36 bits per heavy atom. The summed E-state index contributed by atoms with van der Waals surface area (Å²) in [5.74, 6) is 0.724. The molecule has 2 N–H and O–H groups in total. The van der Waals surface area contributed by atoms with Gasteiger partial charge in [0.1, 0.15) is 17.2 Å². The maximum Gasteiger partial charge on any atom is 0.266 e. The molecule has 1 aliphatic rings. The third-order valence-corrected chi connectivity index (χ3v) is 4.68. The van der Waals surface area contributed by atoms with E-state index < -0.39 is 0 Å². The highest BCUT2D eigenvalue weighted by molar-refractivity contribution is 7.17. The van der Waals surface area contributed by atoms with E-state index >= 15 is 0 Å². The van der Waals surface area contributed by atoms with Gasteiger partial charge in [-0.1, -0.05) is 29.9 Å². The summed E-state index contributed by atoms with van der Waals surface area (Å²) >= 11 is 7.28. The molecule has 22 heavy (non-hydrogen) atoms. The largest absolute Gasteiger partial charge is 0.491 e. The number of ether oxygens (including phenoxy) is 1. The summed E-state index contributed by atoms with van der Waals surface area (Å²) in [4.78, 5) is 19.4. The van der Waals surface area contributed by atoms with Gasteiger partial charge in [0.2, 0.25) is 0 Å². The minimum atomic E-state index is -0.0533. The molecule has 1 aromatic heterocycles. The second kappa shape index (κ2) is 6.14. The molecule has 2 aromatic rings. The lowest BCUT2D eigenvalue weighted by Crippen LogP contribution is -2.32. The van der Waals surface area contributed by atoms with Crippen molar-refractivity contribution in [1.29, 1.82) is 0 Å². The maximum absolute atomic E-state index is 12.8. The molecule has 5 nitrogen and oxygen atoms in total. The SMILES string of the molecule is CCc1nc(N)sc1C(=O)N1CCOc2ccc(Cl)cc2C1. The van der Waals surface area contributed by atoms with Crippen LogP contribution in [0.1, 0.15) is 27.9 Å². The fourth-order valence-electron chi connectivity index (χ4n) is 2.46. The molecule has 1 aromatic carbocycles. The normalized spacial score (nSPS) is 14.2. The minimum absolute atomic E-state index is 0.0533. The van der Waals surface area contributed by atoms with Crippen molar-refractivity contribution in [1.82, 2.24) is 9.88 Å². The number of hydrogen-bond acceptors (Lipinski definition) is 5. The highest BCUT2D eigenvalue weighted by atomic mass is 35.5. The van der Waals surface area contributed by atoms with Crippen LogP contribution in [0.5, 0.6) is 5.75 Å². The van der Waals surface area contributed by atoms with Crippen molar-refractivity contribution in [3.8, 4) is 5.75 Å².